The molecular formula is C20H17FN4O4S2. The molecule has 0 bridgehead atoms. The number of sulfonamides is 1. The normalized spacial score (nSPS) is 16.4. The first kappa shape index (κ1) is 20.9. The van der Waals surface area contributed by atoms with E-state index in [1.165, 1.54) is 59.6 Å². The van der Waals surface area contributed by atoms with Crippen molar-refractivity contribution in [2.24, 2.45) is 5.92 Å². The van der Waals surface area contributed by atoms with Crippen molar-refractivity contribution in [3.63, 3.8) is 0 Å². The van der Waals surface area contributed by atoms with Crippen molar-refractivity contribution in [1.29, 1.82) is 0 Å². The number of hydrogen-bond acceptors (Lipinski definition) is 6. The van der Waals surface area contributed by atoms with Crippen LogP contribution >= 0.6 is 11.3 Å². The fraction of sp³-hybridized carbons (Fsp3) is 0.150. The zero-order valence-corrected chi connectivity index (χ0v) is 17.6. The molecule has 2 amide bonds. The van der Waals surface area contributed by atoms with Gasteiger partial charge in [0.1, 0.15) is 5.82 Å². The Morgan fingerprint density at radius 3 is 2.48 bits per heavy atom. The van der Waals surface area contributed by atoms with Crippen LogP contribution in [0.2, 0.25) is 0 Å². The minimum atomic E-state index is -3.79. The molecule has 160 valence electrons. The molecule has 8 nitrogen and oxygen atoms in total. The zero-order valence-electron chi connectivity index (χ0n) is 16.0. The summed E-state index contributed by atoms with van der Waals surface area (Å²) in [4.78, 5) is 30.2. The molecular weight excluding hydrogens is 443 g/mol. The lowest BCUT2D eigenvalue weighted by atomic mass is 10.1. The van der Waals surface area contributed by atoms with Crippen LogP contribution in [0.5, 0.6) is 0 Å². The maximum Gasteiger partial charge on any atom is 0.263 e. The number of nitrogens with one attached hydrogen (secondary N) is 2. The van der Waals surface area contributed by atoms with Gasteiger partial charge in [-0.3, -0.25) is 14.3 Å². The summed E-state index contributed by atoms with van der Waals surface area (Å²) in [5.41, 5.74) is 0.940. The summed E-state index contributed by atoms with van der Waals surface area (Å²) in [6.07, 6.45) is 1.53. The molecule has 0 radical (unpaired) electrons. The third kappa shape index (κ3) is 4.72. The van der Waals surface area contributed by atoms with Gasteiger partial charge in [-0.15, -0.1) is 11.3 Å². The molecule has 1 aliphatic rings. The minimum absolute atomic E-state index is 0.0271. The molecule has 1 aliphatic heterocycles. The number of nitrogens with zero attached hydrogens (tertiary/aromatic N) is 2. The highest BCUT2D eigenvalue weighted by Crippen LogP contribution is 2.26. The molecule has 1 aromatic heterocycles. The van der Waals surface area contributed by atoms with Gasteiger partial charge in [0.2, 0.25) is 11.8 Å². The van der Waals surface area contributed by atoms with Crippen LogP contribution in [0.1, 0.15) is 6.42 Å². The number of benzene rings is 2. The molecule has 2 aromatic carbocycles. The van der Waals surface area contributed by atoms with Crippen molar-refractivity contribution in [3.8, 4) is 0 Å². The first-order valence-electron chi connectivity index (χ1n) is 9.21. The molecule has 2 heterocycles. The number of rotatable bonds is 6. The summed E-state index contributed by atoms with van der Waals surface area (Å²) in [6.45, 7) is 0.181. The van der Waals surface area contributed by atoms with Gasteiger partial charge >= 0.3 is 0 Å². The molecule has 1 atom stereocenters. The average Bonchev–Trinajstić information content (AvgIpc) is 3.38. The average molecular weight is 461 g/mol. The van der Waals surface area contributed by atoms with Crippen LogP contribution in [0.25, 0.3) is 0 Å². The third-order valence-electron chi connectivity index (χ3n) is 4.72. The van der Waals surface area contributed by atoms with Gasteiger partial charge in [0.15, 0.2) is 5.13 Å². The maximum absolute atomic E-state index is 13.1. The second-order valence-corrected chi connectivity index (χ2v) is 9.42. The summed E-state index contributed by atoms with van der Waals surface area (Å²) in [5, 5.41) is 4.62. The van der Waals surface area contributed by atoms with Gasteiger partial charge in [0, 0.05) is 35.9 Å². The fourth-order valence-electron chi connectivity index (χ4n) is 3.16. The molecule has 3 aromatic rings. The van der Waals surface area contributed by atoms with Crippen molar-refractivity contribution >= 4 is 49.7 Å². The van der Waals surface area contributed by atoms with Gasteiger partial charge in [-0.1, -0.05) is 0 Å². The Morgan fingerprint density at radius 2 is 1.84 bits per heavy atom. The second kappa shape index (κ2) is 8.44. The maximum atomic E-state index is 13.1. The van der Waals surface area contributed by atoms with E-state index in [2.05, 4.69) is 15.0 Å². The van der Waals surface area contributed by atoms with Crippen LogP contribution < -0.4 is 14.9 Å². The summed E-state index contributed by atoms with van der Waals surface area (Å²) in [7, 11) is -3.79. The van der Waals surface area contributed by atoms with E-state index < -0.39 is 21.8 Å². The van der Waals surface area contributed by atoms with Crippen LogP contribution in [0.3, 0.4) is 0 Å². The monoisotopic (exact) mass is 460 g/mol. The van der Waals surface area contributed by atoms with Crippen LogP contribution in [-0.4, -0.2) is 31.8 Å². The Hall–Kier alpha value is -3.31. The molecule has 2 N–H and O–H groups in total. The van der Waals surface area contributed by atoms with Gasteiger partial charge in [0.25, 0.3) is 10.0 Å². The molecule has 0 saturated carbocycles. The van der Waals surface area contributed by atoms with Gasteiger partial charge < -0.3 is 10.2 Å². The number of carbonyl (C=O) groups is 2. The first-order chi connectivity index (χ1) is 14.8. The topological polar surface area (TPSA) is 108 Å². The van der Waals surface area contributed by atoms with E-state index in [0.29, 0.717) is 11.4 Å². The molecule has 0 unspecified atom stereocenters. The van der Waals surface area contributed by atoms with Gasteiger partial charge in [-0.25, -0.2) is 17.8 Å². The van der Waals surface area contributed by atoms with Crippen LogP contribution in [0.15, 0.2) is 65.0 Å². The van der Waals surface area contributed by atoms with Crippen molar-refractivity contribution < 1.29 is 22.4 Å². The number of carbonyl (C=O) groups excluding carboxylic acids is 2. The summed E-state index contributed by atoms with van der Waals surface area (Å²) >= 11 is 1.16. The van der Waals surface area contributed by atoms with E-state index in [9.17, 15) is 22.4 Å². The summed E-state index contributed by atoms with van der Waals surface area (Å²) in [5.74, 6) is -1.56. The SMILES string of the molecule is O=C(Nc1ccc(S(=O)(=O)Nc2nccs2)cc1)[C@@H]1CC(=O)N(c2ccc(F)cc2)C1. The van der Waals surface area contributed by atoms with Gasteiger partial charge in [-0.05, 0) is 48.5 Å². The lowest BCUT2D eigenvalue weighted by Gasteiger charge is -2.16. The van der Waals surface area contributed by atoms with E-state index in [4.69, 9.17) is 0 Å². The molecule has 11 heteroatoms. The highest BCUT2D eigenvalue weighted by Gasteiger charge is 2.35. The largest absolute Gasteiger partial charge is 0.326 e. The molecule has 1 saturated heterocycles. The smallest absolute Gasteiger partial charge is 0.263 e. The molecule has 1 fully saturated rings. The predicted molar refractivity (Wildman–Crippen MR) is 115 cm³/mol. The van der Waals surface area contributed by atoms with E-state index >= 15 is 0 Å². The Labute approximate surface area is 181 Å². The number of anilines is 3. The van der Waals surface area contributed by atoms with E-state index in [-0.39, 0.29) is 34.8 Å². The standard InChI is InChI=1S/C20H17FN4O4S2/c21-14-1-5-16(6-2-14)25-12-13(11-18(25)26)19(27)23-15-3-7-17(8-4-15)31(28,29)24-20-22-9-10-30-20/h1-10,13H,11-12H2,(H,22,24)(H,23,27)/t13-/m1/s1. The Morgan fingerprint density at radius 1 is 1.13 bits per heavy atom. The molecule has 4 rings (SSSR count). The Balaban J connectivity index is 1.40. The highest BCUT2D eigenvalue weighted by atomic mass is 32.2. The van der Waals surface area contributed by atoms with Crippen molar-refractivity contribution in [2.45, 2.75) is 11.3 Å². The number of halogens is 1. The van der Waals surface area contributed by atoms with E-state index in [1.54, 1.807) is 5.38 Å². The molecule has 31 heavy (non-hydrogen) atoms. The molecule has 0 spiro atoms. The van der Waals surface area contributed by atoms with Crippen molar-refractivity contribution in [3.05, 3.63) is 65.9 Å². The first-order valence-corrected chi connectivity index (χ1v) is 11.6. The van der Waals surface area contributed by atoms with Gasteiger partial charge in [-0.2, -0.15) is 0 Å². The highest BCUT2D eigenvalue weighted by molar-refractivity contribution is 7.93. The molecule has 0 aliphatic carbocycles. The van der Waals surface area contributed by atoms with Crippen LogP contribution in [0.4, 0.5) is 20.9 Å². The zero-order chi connectivity index (χ0) is 22.0. The van der Waals surface area contributed by atoms with E-state index in [1.807, 2.05) is 0 Å². The predicted octanol–water partition coefficient (Wildman–Crippen LogP) is 3.07. The minimum Gasteiger partial charge on any atom is -0.326 e. The van der Waals surface area contributed by atoms with Crippen molar-refractivity contribution in [1.82, 2.24) is 4.98 Å². The number of aromatic nitrogens is 1. The van der Waals surface area contributed by atoms with E-state index in [0.717, 1.165) is 11.3 Å². The number of hydrogen-bond donors (Lipinski definition) is 2. The lowest BCUT2D eigenvalue weighted by molar-refractivity contribution is -0.122. The Bertz CT molecular complexity index is 1200. The summed E-state index contributed by atoms with van der Waals surface area (Å²) < 4.78 is 40.2. The van der Waals surface area contributed by atoms with Crippen LogP contribution in [-0.2, 0) is 19.6 Å². The summed E-state index contributed by atoms with van der Waals surface area (Å²) in [6, 6.07) is 11.2. The van der Waals surface area contributed by atoms with Gasteiger partial charge in [0.05, 0.1) is 10.8 Å². The number of thiazole rings is 1. The second-order valence-electron chi connectivity index (χ2n) is 6.84. The quantitative estimate of drug-likeness (QED) is 0.588. The van der Waals surface area contributed by atoms with Crippen LogP contribution in [0, 0.1) is 11.7 Å². The number of amides is 2. The lowest BCUT2D eigenvalue weighted by Crippen LogP contribution is -2.28. The Kier molecular flexibility index (Phi) is 5.70. The fourth-order valence-corrected chi connectivity index (χ4v) is 4.95. The third-order valence-corrected chi connectivity index (χ3v) is 6.89. The van der Waals surface area contributed by atoms with Crippen molar-refractivity contribution in [2.75, 3.05) is 21.5 Å².